The fourth-order valence-corrected chi connectivity index (χ4v) is 5.80. The third-order valence-electron chi connectivity index (χ3n) is 7.99. The summed E-state index contributed by atoms with van der Waals surface area (Å²) in [4.78, 5) is 44.7. The molecule has 2 bridgehead atoms. The van der Waals surface area contributed by atoms with Gasteiger partial charge in [0, 0.05) is 31.5 Å². The van der Waals surface area contributed by atoms with Crippen molar-refractivity contribution in [3.05, 3.63) is 70.2 Å². The Bertz CT molecular complexity index is 1790. The lowest BCUT2D eigenvalue weighted by molar-refractivity contribution is -0.121. The highest BCUT2D eigenvalue weighted by atomic mass is 16.5. The molecular weight excluding hydrogens is 520 g/mol. The number of hydrogen-bond acceptors (Lipinski definition) is 8. The summed E-state index contributed by atoms with van der Waals surface area (Å²) in [5.41, 5.74) is 3.55. The van der Waals surface area contributed by atoms with E-state index in [-0.39, 0.29) is 23.5 Å². The van der Waals surface area contributed by atoms with Crippen molar-refractivity contribution in [3.63, 3.8) is 0 Å². The first kappa shape index (κ1) is 25.5. The number of likely N-dealkylation sites (N-methyl/N-ethyl adjacent to an activating group) is 1. The van der Waals surface area contributed by atoms with E-state index >= 15 is 0 Å². The normalized spacial score (nSPS) is 19.0. The predicted octanol–water partition coefficient (Wildman–Crippen LogP) is 3.42. The lowest BCUT2D eigenvalue weighted by atomic mass is 9.88. The lowest BCUT2D eigenvalue weighted by Crippen LogP contribution is -2.44. The van der Waals surface area contributed by atoms with Crippen LogP contribution >= 0.6 is 0 Å². The van der Waals surface area contributed by atoms with Gasteiger partial charge in [0.1, 0.15) is 5.39 Å². The molecule has 0 radical (unpaired) electrons. The van der Waals surface area contributed by atoms with E-state index in [9.17, 15) is 9.59 Å². The van der Waals surface area contributed by atoms with Crippen LogP contribution in [0.5, 0.6) is 5.75 Å². The molecule has 4 aromatic rings. The molecule has 7 rings (SSSR count). The van der Waals surface area contributed by atoms with Gasteiger partial charge in [-0.25, -0.2) is 19.3 Å². The van der Waals surface area contributed by atoms with Crippen LogP contribution in [0.15, 0.2) is 53.5 Å². The Morgan fingerprint density at radius 3 is 2.80 bits per heavy atom. The van der Waals surface area contributed by atoms with Gasteiger partial charge in [0.15, 0.2) is 29.6 Å². The highest BCUT2D eigenvalue weighted by Gasteiger charge is 2.33. The number of ether oxygens (including phenoxy) is 1. The minimum absolute atomic E-state index is 0.0290. The van der Waals surface area contributed by atoms with E-state index in [0.29, 0.717) is 47.5 Å². The van der Waals surface area contributed by atoms with Crippen molar-refractivity contribution in [1.82, 2.24) is 29.2 Å². The van der Waals surface area contributed by atoms with Gasteiger partial charge in [-0.15, -0.1) is 0 Å². The largest absolute Gasteiger partial charge is 0.480 e. The molecule has 0 aliphatic carbocycles. The van der Waals surface area contributed by atoms with Crippen LogP contribution in [0.4, 0.5) is 17.5 Å². The van der Waals surface area contributed by atoms with Gasteiger partial charge >= 0.3 is 0 Å². The predicted molar refractivity (Wildman–Crippen MR) is 156 cm³/mol. The molecule has 11 heteroatoms. The van der Waals surface area contributed by atoms with E-state index in [1.165, 1.54) is 11.1 Å². The van der Waals surface area contributed by atoms with Crippen LogP contribution in [0.3, 0.4) is 0 Å². The zero-order valence-electron chi connectivity index (χ0n) is 23.4. The minimum atomic E-state index is -0.214. The number of rotatable bonds is 2. The van der Waals surface area contributed by atoms with Gasteiger partial charge in [-0.1, -0.05) is 32.1 Å². The topological polar surface area (TPSA) is 110 Å². The van der Waals surface area contributed by atoms with Crippen LogP contribution in [-0.2, 0) is 24.3 Å². The highest BCUT2D eigenvalue weighted by molar-refractivity contribution is 5.97. The maximum Gasteiger partial charge on any atom is 0.278 e. The van der Waals surface area contributed by atoms with Gasteiger partial charge in [-0.05, 0) is 60.7 Å². The number of carbonyl (C=O) groups is 1. The molecule has 0 saturated carbocycles. The quantitative estimate of drug-likeness (QED) is 0.377. The molecule has 0 spiro atoms. The third-order valence-corrected chi connectivity index (χ3v) is 7.99. The molecule has 1 N–H and O–H groups in total. The smallest absolute Gasteiger partial charge is 0.278 e. The molecule has 1 aromatic carbocycles. The number of hydrogen-bond donors (Lipinski definition) is 1. The molecule has 3 aliphatic rings. The number of pyridine rings is 1. The number of nitrogens with one attached hydrogen (secondary N) is 1. The first-order valence-corrected chi connectivity index (χ1v) is 13.9. The van der Waals surface area contributed by atoms with Crippen molar-refractivity contribution >= 4 is 34.4 Å². The second-order valence-corrected chi connectivity index (χ2v) is 11.8. The average molecular weight is 553 g/mol. The molecule has 6 heterocycles. The number of carbonyl (C=O) groups excluding carboxylic acids is 1. The molecule has 1 amide bonds. The van der Waals surface area contributed by atoms with Crippen LogP contribution in [0.1, 0.15) is 31.4 Å². The Balaban J connectivity index is 1.35. The average Bonchev–Trinajstić information content (AvgIpc) is 3.22. The molecule has 3 aliphatic heterocycles. The van der Waals surface area contributed by atoms with Gasteiger partial charge < -0.3 is 15.0 Å². The fourth-order valence-electron chi connectivity index (χ4n) is 5.80. The summed E-state index contributed by atoms with van der Waals surface area (Å²) in [5.74, 6) is 1.69. The van der Waals surface area contributed by atoms with Gasteiger partial charge in [-0.2, -0.15) is 4.98 Å². The second kappa shape index (κ2) is 9.55. The van der Waals surface area contributed by atoms with E-state index in [4.69, 9.17) is 14.7 Å². The molecule has 11 nitrogen and oxygen atoms in total. The zero-order valence-corrected chi connectivity index (χ0v) is 23.4. The Hall–Kier alpha value is -4.51. The Morgan fingerprint density at radius 1 is 1.05 bits per heavy atom. The molecule has 0 fully saturated rings. The van der Waals surface area contributed by atoms with E-state index in [0.717, 1.165) is 31.6 Å². The van der Waals surface area contributed by atoms with E-state index < -0.39 is 0 Å². The number of allylic oxidation sites excluding steroid dienone is 2. The number of aromatic nitrogens is 5. The van der Waals surface area contributed by atoms with Crippen molar-refractivity contribution in [2.75, 3.05) is 37.0 Å². The maximum absolute atomic E-state index is 13.6. The van der Waals surface area contributed by atoms with Gasteiger partial charge in [0.2, 0.25) is 5.95 Å². The Labute approximate surface area is 237 Å². The molecule has 0 saturated heterocycles. The summed E-state index contributed by atoms with van der Waals surface area (Å²) in [6.07, 6.45) is 7.33. The van der Waals surface area contributed by atoms with Crippen LogP contribution in [0.25, 0.3) is 16.9 Å². The zero-order chi connectivity index (χ0) is 28.3. The molecule has 3 aromatic heterocycles. The molecular formula is C30H32N8O3. The molecule has 41 heavy (non-hydrogen) atoms. The van der Waals surface area contributed by atoms with Gasteiger partial charge in [0.05, 0.1) is 6.54 Å². The summed E-state index contributed by atoms with van der Waals surface area (Å²) in [6.45, 7) is 6.99. The lowest BCUT2D eigenvalue weighted by Gasteiger charge is -2.35. The van der Waals surface area contributed by atoms with Crippen molar-refractivity contribution in [3.8, 4) is 11.6 Å². The second-order valence-electron chi connectivity index (χ2n) is 11.8. The van der Waals surface area contributed by atoms with Crippen LogP contribution in [-0.4, -0.2) is 61.9 Å². The number of nitrogens with zero attached hydrogens (tertiary/aromatic N) is 7. The van der Waals surface area contributed by atoms with E-state index in [1.54, 1.807) is 32.6 Å². The van der Waals surface area contributed by atoms with Crippen molar-refractivity contribution in [1.29, 1.82) is 0 Å². The number of amides is 1. The summed E-state index contributed by atoms with van der Waals surface area (Å²) < 4.78 is 9.03. The third kappa shape index (κ3) is 4.55. The maximum atomic E-state index is 13.6. The monoisotopic (exact) mass is 552 g/mol. The molecule has 0 atom stereocenters. The summed E-state index contributed by atoms with van der Waals surface area (Å²) in [7, 11) is 2.13. The van der Waals surface area contributed by atoms with E-state index in [1.807, 2.05) is 12.1 Å². The van der Waals surface area contributed by atoms with Crippen molar-refractivity contribution < 1.29 is 9.53 Å². The first-order chi connectivity index (χ1) is 19.8. The Kier molecular flexibility index (Phi) is 5.93. The number of fused-ring (bicyclic) bond motifs is 6. The number of benzene rings is 1. The fraction of sp³-hybridized carbons (Fsp3) is 0.367. The summed E-state index contributed by atoms with van der Waals surface area (Å²) in [6, 6.07) is 9.92. The van der Waals surface area contributed by atoms with E-state index in [2.05, 4.69) is 54.3 Å². The summed E-state index contributed by atoms with van der Waals surface area (Å²) in [5, 5.41) is 3.72. The van der Waals surface area contributed by atoms with Gasteiger partial charge in [-0.3, -0.25) is 14.5 Å². The Morgan fingerprint density at radius 2 is 1.93 bits per heavy atom. The van der Waals surface area contributed by atoms with Crippen LogP contribution in [0, 0.1) is 5.41 Å². The van der Waals surface area contributed by atoms with Gasteiger partial charge in [0.25, 0.3) is 11.5 Å². The first-order valence-electron chi connectivity index (χ1n) is 13.9. The number of anilines is 3. The molecule has 210 valence electrons. The summed E-state index contributed by atoms with van der Waals surface area (Å²) >= 11 is 0. The standard InChI is InChI=1S/C30H32N8O3/c1-30(2)11-4-5-12-37-28(40)22-15-31-29(32-21-7-6-20-16-35(3)13-10-19(20)14-21)34-26(22)38(37)24-9-8-23-27(33-24)36(18-30)25(39)17-41-23/h4-9,14-15H,10-13,16-18H2,1-3H3,(H,31,32,34)/b5-4-. The molecule has 0 unspecified atom stereocenters. The van der Waals surface area contributed by atoms with Crippen LogP contribution < -0.4 is 20.5 Å². The van der Waals surface area contributed by atoms with Crippen molar-refractivity contribution in [2.24, 2.45) is 5.41 Å². The SMILES string of the molecule is CN1CCc2cc(Nc3ncc4c(=O)n5n(c4n3)-c3ccc4c(n3)N(CC(C)(C)C/C=C\C5)C(=O)CO4)ccc2C1. The van der Waals surface area contributed by atoms with Crippen LogP contribution in [0.2, 0.25) is 0 Å². The minimum Gasteiger partial charge on any atom is -0.480 e. The van der Waals surface area contributed by atoms with Crippen molar-refractivity contribution in [2.45, 2.75) is 39.8 Å². The highest BCUT2D eigenvalue weighted by Crippen LogP contribution is 2.35.